The first-order valence-corrected chi connectivity index (χ1v) is 3.55. The Morgan fingerprint density at radius 1 is 1.44 bits per heavy atom. The van der Waals surface area contributed by atoms with Gasteiger partial charge >= 0.3 is 5.51 Å². The first kappa shape index (κ1) is 9.10. The SMILES string of the molecule is [CH2]CC[S+]([O-])C(F)(F)F. The third-order valence-electron chi connectivity index (χ3n) is 0.588. The Morgan fingerprint density at radius 2 is 1.89 bits per heavy atom. The van der Waals surface area contributed by atoms with E-state index in [1.54, 1.807) is 0 Å². The average molecular weight is 159 g/mol. The Kier molecular flexibility index (Phi) is 3.35. The standard InChI is InChI=1S/C4H6F3OS/c1-2-3-9(8)4(5,6)7/h1-3H2. The molecule has 0 amide bonds. The van der Waals surface area contributed by atoms with Crippen LogP contribution in [0.15, 0.2) is 0 Å². The fourth-order valence-electron chi connectivity index (χ4n) is 0.247. The predicted octanol–water partition coefficient (Wildman–Crippen LogP) is 1.48. The van der Waals surface area contributed by atoms with E-state index in [9.17, 15) is 17.7 Å². The van der Waals surface area contributed by atoms with Gasteiger partial charge in [0.05, 0.1) is 11.2 Å². The zero-order valence-corrected chi connectivity index (χ0v) is 5.39. The van der Waals surface area contributed by atoms with Crippen molar-refractivity contribution in [2.45, 2.75) is 11.9 Å². The van der Waals surface area contributed by atoms with Crippen LogP contribution < -0.4 is 0 Å². The second-order valence-electron chi connectivity index (χ2n) is 1.35. The van der Waals surface area contributed by atoms with Gasteiger partial charge in [-0.15, -0.1) is 13.2 Å². The minimum atomic E-state index is -4.56. The van der Waals surface area contributed by atoms with Crippen molar-refractivity contribution < 1.29 is 17.7 Å². The topological polar surface area (TPSA) is 23.1 Å². The van der Waals surface area contributed by atoms with E-state index in [4.69, 9.17) is 0 Å². The molecule has 0 aliphatic heterocycles. The van der Waals surface area contributed by atoms with Crippen molar-refractivity contribution in [1.29, 1.82) is 0 Å². The van der Waals surface area contributed by atoms with Crippen molar-refractivity contribution in [3.05, 3.63) is 6.92 Å². The van der Waals surface area contributed by atoms with E-state index in [0.717, 1.165) is 0 Å². The summed E-state index contributed by atoms with van der Waals surface area (Å²) in [6.45, 7) is 3.15. The van der Waals surface area contributed by atoms with Gasteiger partial charge < -0.3 is 4.55 Å². The number of alkyl halides is 3. The number of halogens is 3. The van der Waals surface area contributed by atoms with Crippen molar-refractivity contribution in [2.24, 2.45) is 0 Å². The lowest BCUT2D eigenvalue weighted by atomic mass is 10.6. The quantitative estimate of drug-likeness (QED) is 0.559. The maximum Gasteiger partial charge on any atom is 0.572 e. The molecule has 0 saturated heterocycles. The van der Waals surface area contributed by atoms with Gasteiger partial charge in [0.25, 0.3) is 0 Å². The van der Waals surface area contributed by atoms with E-state index in [1.807, 2.05) is 0 Å². The predicted molar refractivity (Wildman–Crippen MR) is 29.0 cm³/mol. The van der Waals surface area contributed by atoms with Crippen molar-refractivity contribution in [3.8, 4) is 0 Å². The fraction of sp³-hybridized carbons (Fsp3) is 0.750. The summed E-state index contributed by atoms with van der Waals surface area (Å²) in [5.41, 5.74) is -4.56. The highest BCUT2D eigenvalue weighted by Gasteiger charge is 2.43. The molecule has 0 heterocycles. The van der Waals surface area contributed by atoms with Gasteiger partial charge in [-0.2, -0.15) is 0 Å². The lowest BCUT2D eigenvalue weighted by Crippen LogP contribution is -2.25. The van der Waals surface area contributed by atoms with Crippen molar-refractivity contribution in [2.75, 3.05) is 5.75 Å². The second kappa shape index (κ2) is 3.31. The van der Waals surface area contributed by atoms with E-state index in [2.05, 4.69) is 6.92 Å². The Bertz CT molecular complexity index is 82.4. The monoisotopic (exact) mass is 159 g/mol. The molecule has 0 N–H and O–H groups in total. The maximum atomic E-state index is 11.3. The van der Waals surface area contributed by atoms with Crippen LogP contribution in [0.5, 0.6) is 0 Å². The third kappa shape index (κ3) is 3.64. The summed E-state index contributed by atoms with van der Waals surface area (Å²) < 4.78 is 43.9. The molecular weight excluding hydrogens is 153 g/mol. The normalized spacial score (nSPS) is 15.7. The van der Waals surface area contributed by atoms with E-state index >= 15 is 0 Å². The average Bonchev–Trinajstić information content (AvgIpc) is 1.64. The molecule has 9 heavy (non-hydrogen) atoms. The minimum Gasteiger partial charge on any atom is -0.609 e. The second-order valence-corrected chi connectivity index (χ2v) is 2.91. The molecule has 1 nitrogen and oxygen atoms in total. The molecule has 5 heteroatoms. The zero-order chi connectivity index (χ0) is 7.49. The van der Waals surface area contributed by atoms with E-state index < -0.39 is 22.4 Å². The first-order valence-electron chi connectivity index (χ1n) is 2.23. The van der Waals surface area contributed by atoms with Crippen molar-refractivity contribution in [1.82, 2.24) is 0 Å². The summed E-state index contributed by atoms with van der Waals surface area (Å²) in [5.74, 6) is -0.399. The van der Waals surface area contributed by atoms with Crippen LogP contribution in [0.2, 0.25) is 0 Å². The Hall–Kier alpha value is 0.100. The first-order chi connectivity index (χ1) is 3.98. The lowest BCUT2D eigenvalue weighted by Gasteiger charge is -2.10. The summed E-state index contributed by atoms with van der Waals surface area (Å²) >= 11 is -2.70. The molecule has 0 aromatic carbocycles. The summed E-state index contributed by atoms with van der Waals surface area (Å²) in [4.78, 5) is 0. The summed E-state index contributed by atoms with van der Waals surface area (Å²) in [7, 11) is 0. The molecule has 0 aromatic heterocycles. The minimum absolute atomic E-state index is 0.0477. The highest BCUT2D eigenvalue weighted by molar-refractivity contribution is 7.92. The van der Waals surface area contributed by atoms with Gasteiger partial charge in [0, 0.05) is 0 Å². The van der Waals surface area contributed by atoms with E-state index in [1.165, 1.54) is 0 Å². The van der Waals surface area contributed by atoms with Crippen LogP contribution in [0.1, 0.15) is 6.42 Å². The molecule has 1 atom stereocenters. The highest BCUT2D eigenvalue weighted by Crippen LogP contribution is 2.23. The number of hydrogen-bond acceptors (Lipinski definition) is 1. The maximum absolute atomic E-state index is 11.3. The molecule has 0 bridgehead atoms. The smallest absolute Gasteiger partial charge is 0.572 e. The van der Waals surface area contributed by atoms with Crippen LogP contribution in [0, 0.1) is 6.92 Å². The van der Waals surface area contributed by atoms with E-state index in [0.29, 0.717) is 0 Å². The van der Waals surface area contributed by atoms with Crippen LogP contribution in [0.4, 0.5) is 13.2 Å². The molecule has 1 unspecified atom stereocenters. The van der Waals surface area contributed by atoms with Gasteiger partial charge in [-0.25, -0.2) is 0 Å². The molecule has 55 valence electrons. The number of rotatable bonds is 2. The van der Waals surface area contributed by atoms with Crippen LogP contribution >= 0.6 is 0 Å². The van der Waals surface area contributed by atoms with Gasteiger partial charge in [0.1, 0.15) is 5.75 Å². The van der Waals surface area contributed by atoms with Crippen molar-refractivity contribution >= 4 is 11.2 Å². The highest BCUT2D eigenvalue weighted by atomic mass is 32.2. The molecule has 0 fully saturated rings. The van der Waals surface area contributed by atoms with Gasteiger partial charge in [0.2, 0.25) is 0 Å². The van der Waals surface area contributed by atoms with Gasteiger partial charge in [0.15, 0.2) is 0 Å². The molecule has 0 spiro atoms. The van der Waals surface area contributed by atoms with Crippen LogP contribution in [0.3, 0.4) is 0 Å². The Balaban J connectivity index is 3.59. The molecule has 0 aromatic rings. The van der Waals surface area contributed by atoms with Gasteiger partial charge in [-0.1, -0.05) is 0 Å². The van der Waals surface area contributed by atoms with Crippen LogP contribution in [-0.4, -0.2) is 15.8 Å². The molecular formula is C4H6F3OS. The third-order valence-corrected chi connectivity index (χ3v) is 1.76. The lowest BCUT2D eigenvalue weighted by molar-refractivity contribution is -0.0434. The van der Waals surface area contributed by atoms with Gasteiger partial charge in [-0.05, 0) is 13.3 Å². The van der Waals surface area contributed by atoms with Crippen LogP contribution in [-0.2, 0) is 11.2 Å². The largest absolute Gasteiger partial charge is 0.609 e. The molecule has 0 saturated carbocycles. The van der Waals surface area contributed by atoms with Crippen molar-refractivity contribution in [3.63, 3.8) is 0 Å². The van der Waals surface area contributed by atoms with Gasteiger partial charge in [-0.3, -0.25) is 0 Å². The Labute approximate surface area is 54.4 Å². The molecule has 1 radical (unpaired) electrons. The molecule has 0 aliphatic carbocycles. The zero-order valence-electron chi connectivity index (χ0n) is 4.57. The van der Waals surface area contributed by atoms with E-state index in [-0.39, 0.29) is 6.42 Å². The molecule has 0 aliphatic rings. The summed E-state index contributed by atoms with van der Waals surface area (Å²) in [6, 6.07) is 0. The Morgan fingerprint density at radius 3 is 2.00 bits per heavy atom. The fourth-order valence-corrected chi connectivity index (χ4v) is 0.740. The van der Waals surface area contributed by atoms with Crippen LogP contribution in [0.25, 0.3) is 0 Å². The summed E-state index contributed by atoms with van der Waals surface area (Å²) in [5, 5.41) is 0. The summed E-state index contributed by atoms with van der Waals surface area (Å²) in [6.07, 6.45) is 0.0477. The number of hydrogen-bond donors (Lipinski definition) is 0. The molecule has 0 rings (SSSR count).